The Morgan fingerprint density at radius 2 is 2.00 bits per heavy atom. The van der Waals surface area contributed by atoms with Gasteiger partial charge in [-0.3, -0.25) is 4.98 Å². The number of nitrogens with one attached hydrogen (secondary N) is 1. The van der Waals surface area contributed by atoms with Gasteiger partial charge in [-0.1, -0.05) is 12.8 Å². The molecule has 7 heteroatoms. The summed E-state index contributed by atoms with van der Waals surface area (Å²) < 4.78 is 5.88. The molecule has 2 N–H and O–H groups in total. The van der Waals surface area contributed by atoms with Crippen LogP contribution in [-0.2, 0) is 4.79 Å². The first-order chi connectivity index (χ1) is 12.0. The highest BCUT2D eigenvalue weighted by Gasteiger charge is 2.45. The monoisotopic (exact) mass is 347 g/mol. The quantitative estimate of drug-likeness (QED) is 0.872. The van der Waals surface area contributed by atoms with E-state index in [4.69, 9.17) is 4.74 Å². The average molecular weight is 347 g/mol. The van der Waals surface area contributed by atoms with Crippen molar-refractivity contribution in [2.45, 2.75) is 57.1 Å². The van der Waals surface area contributed by atoms with E-state index in [-0.39, 0.29) is 24.9 Å². The summed E-state index contributed by atoms with van der Waals surface area (Å²) in [4.78, 5) is 30.1. The summed E-state index contributed by atoms with van der Waals surface area (Å²) in [5.74, 6) is -0.514. The van der Waals surface area contributed by atoms with Crippen LogP contribution >= 0.6 is 0 Å². The third-order valence-corrected chi connectivity index (χ3v) is 5.19. The number of rotatable bonds is 4. The van der Waals surface area contributed by atoms with E-state index in [1.807, 2.05) is 0 Å². The van der Waals surface area contributed by atoms with Gasteiger partial charge in [0.2, 0.25) is 5.60 Å². The van der Waals surface area contributed by atoms with E-state index in [0.717, 1.165) is 25.7 Å². The number of carboxylic acid groups (broad SMARTS) is 1. The largest absolute Gasteiger partial charge is 0.478 e. The number of pyridine rings is 1. The highest BCUT2D eigenvalue weighted by Crippen LogP contribution is 2.30. The lowest BCUT2D eigenvalue weighted by atomic mass is 9.91. The topological polar surface area (TPSA) is 91.8 Å². The Morgan fingerprint density at radius 1 is 1.32 bits per heavy atom. The summed E-state index contributed by atoms with van der Waals surface area (Å²) in [5, 5.41) is 12.8. The maximum Gasteiger partial charge on any atom is 0.348 e. The average Bonchev–Trinajstić information content (AvgIpc) is 3.10. The SMILES string of the molecule is Cc1ncccc1OC1(C(=O)O)CCN(C(=O)NC2CCCC2)CC1. The molecule has 0 atom stereocenters. The van der Waals surface area contributed by atoms with Gasteiger partial charge < -0.3 is 20.1 Å². The number of urea groups is 1. The molecule has 2 aliphatic rings. The number of aliphatic carboxylic acids is 1. The molecule has 0 aromatic carbocycles. The zero-order chi connectivity index (χ0) is 17.9. The van der Waals surface area contributed by atoms with Gasteiger partial charge in [0.25, 0.3) is 0 Å². The van der Waals surface area contributed by atoms with E-state index in [1.165, 1.54) is 0 Å². The number of aryl methyl sites for hydroxylation is 1. The first-order valence-corrected chi connectivity index (χ1v) is 8.90. The summed E-state index contributed by atoms with van der Waals surface area (Å²) in [6.07, 6.45) is 6.54. The van der Waals surface area contributed by atoms with E-state index >= 15 is 0 Å². The smallest absolute Gasteiger partial charge is 0.348 e. The molecule has 0 radical (unpaired) electrons. The maximum absolute atomic E-state index is 12.4. The second kappa shape index (κ2) is 7.29. The van der Waals surface area contributed by atoms with E-state index in [1.54, 1.807) is 30.2 Å². The summed E-state index contributed by atoms with van der Waals surface area (Å²) in [7, 11) is 0. The minimum atomic E-state index is -1.31. The van der Waals surface area contributed by atoms with Crippen molar-refractivity contribution >= 4 is 12.0 Å². The minimum Gasteiger partial charge on any atom is -0.478 e. The van der Waals surface area contributed by atoms with Crippen LogP contribution < -0.4 is 10.1 Å². The Kier molecular flexibility index (Phi) is 5.11. The molecule has 2 fully saturated rings. The van der Waals surface area contributed by atoms with Crippen molar-refractivity contribution in [1.82, 2.24) is 15.2 Å². The van der Waals surface area contributed by atoms with Gasteiger partial charge in [-0.25, -0.2) is 9.59 Å². The number of nitrogens with zero attached hydrogens (tertiary/aromatic N) is 2. The van der Waals surface area contributed by atoms with Gasteiger partial charge >= 0.3 is 12.0 Å². The fourth-order valence-electron chi connectivity index (χ4n) is 3.55. The van der Waals surface area contributed by atoms with Crippen LogP contribution in [-0.4, -0.2) is 51.7 Å². The Bertz CT molecular complexity index is 635. The number of carbonyl (C=O) groups excluding carboxylic acids is 1. The molecule has 7 nitrogen and oxygen atoms in total. The van der Waals surface area contributed by atoms with E-state index in [0.29, 0.717) is 24.5 Å². The lowest BCUT2D eigenvalue weighted by Crippen LogP contribution is -2.56. The van der Waals surface area contributed by atoms with Gasteiger partial charge in [0.15, 0.2) is 0 Å². The van der Waals surface area contributed by atoms with Crippen LogP contribution in [0.25, 0.3) is 0 Å². The van der Waals surface area contributed by atoms with Crippen LogP contribution in [0.1, 0.15) is 44.2 Å². The minimum absolute atomic E-state index is 0.0940. The number of ether oxygens (including phenoxy) is 1. The Morgan fingerprint density at radius 3 is 2.60 bits per heavy atom. The summed E-state index contributed by atoms with van der Waals surface area (Å²) >= 11 is 0. The van der Waals surface area contributed by atoms with E-state index < -0.39 is 11.6 Å². The molecular weight excluding hydrogens is 322 g/mol. The molecule has 1 aromatic rings. The first kappa shape index (κ1) is 17.5. The predicted molar refractivity (Wildman–Crippen MR) is 91.6 cm³/mol. The van der Waals surface area contributed by atoms with Crippen molar-refractivity contribution in [1.29, 1.82) is 0 Å². The van der Waals surface area contributed by atoms with Gasteiger partial charge in [0.05, 0.1) is 5.69 Å². The maximum atomic E-state index is 12.4. The number of aromatic nitrogens is 1. The van der Waals surface area contributed by atoms with Crippen molar-refractivity contribution in [3.05, 3.63) is 24.0 Å². The van der Waals surface area contributed by atoms with Crippen LogP contribution in [0.5, 0.6) is 5.75 Å². The van der Waals surface area contributed by atoms with Gasteiger partial charge in [0, 0.05) is 38.2 Å². The van der Waals surface area contributed by atoms with Crippen molar-refractivity contribution in [2.75, 3.05) is 13.1 Å². The molecule has 25 heavy (non-hydrogen) atoms. The lowest BCUT2D eigenvalue weighted by molar-refractivity contribution is -0.159. The Labute approximate surface area is 147 Å². The molecule has 2 amide bonds. The molecular formula is C18H25N3O4. The van der Waals surface area contributed by atoms with Gasteiger partial charge in [-0.2, -0.15) is 0 Å². The molecule has 0 unspecified atom stereocenters. The summed E-state index contributed by atoms with van der Waals surface area (Å²) in [5.41, 5.74) is -0.651. The summed E-state index contributed by atoms with van der Waals surface area (Å²) in [6, 6.07) is 3.62. The van der Waals surface area contributed by atoms with Crippen molar-refractivity contribution in [2.24, 2.45) is 0 Å². The zero-order valence-corrected chi connectivity index (χ0v) is 14.5. The van der Waals surface area contributed by atoms with Crippen LogP contribution in [0.4, 0.5) is 4.79 Å². The van der Waals surface area contributed by atoms with Crippen LogP contribution in [0.2, 0.25) is 0 Å². The van der Waals surface area contributed by atoms with Crippen LogP contribution in [0, 0.1) is 6.92 Å². The molecule has 1 aliphatic heterocycles. The molecule has 1 saturated heterocycles. The van der Waals surface area contributed by atoms with Crippen molar-refractivity contribution in [3.8, 4) is 5.75 Å². The molecule has 136 valence electrons. The van der Waals surface area contributed by atoms with E-state index in [2.05, 4.69) is 10.3 Å². The standard InChI is InChI=1S/C18H25N3O4/c1-13-15(7-4-10-19-13)25-18(16(22)23)8-11-21(12-9-18)17(24)20-14-5-2-3-6-14/h4,7,10,14H,2-3,5-6,8-9,11-12H2,1H3,(H,20,24)(H,22,23). The molecule has 0 bridgehead atoms. The van der Waals surface area contributed by atoms with Crippen molar-refractivity contribution < 1.29 is 19.4 Å². The number of amides is 2. The molecule has 1 aromatic heterocycles. The third kappa shape index (κ3) is 3.86. The number of hydrogen-bond donors (Lipinski definition) is 2. The number of hydrogen-bond acceptors (Lipinski definition) is 4. The highest BCUT2D eigenvalue weighted by atomic mass is 16.5. The molecule has 2 heterocycles. The predicted octanol–water partition coefficient (Wildman–Crippen LogP) is 2.34. The van der Waals surface area contributed by atoms with Crippen LogP contribution in [0.3, 0.4) is 0 Å². The summed E-state index contributed by atoms with van der Waals surface area (Å²) in [6.45, 7) is 2.52. The van der Waals surface area contributed by atoms with Gasteiger partial charge in [-0.15, -0.1) is 0 Å². The fourth-order valence-corrected chi connectivity index (χ4v) is 3.55. The second-order valence-electron chi connectivity index (χ2n) is 6.91. The Balaban J connectivity index is 1.63. The molecule has 0 spiro atoms. The van der Waals surface area contributed by atoms with Crippen molar-refractivity contribution in [3.63, 3.8) is 0 Å². The number of carbonyl (C=O) groups is 2. The number of piperidine rings is 1. The highest BCUT2D eigenvalue weighted by molar-refractivity contribution is 5.79. The van der Waals surface area contributed by atoms with Crippen LogP contribution in [0.15, 0.2) is 18.3 Å². The van der Waals surface area contributed by atoms with Gasteiger partial charge in [0.1, 0.15) is 5.75 Å². The normalized spacial score (nSPS) is 20.3. The first-order valence-electron chi connectivity index (χ1n) is 8.90. The number of carboxylic acids is 1. The lowest BCUT2D eigenvalue weighted by Gasteiger charge is -2.39. The van der Waals surface area contributed by atoms with Gasteiger partial charge in [-0.05, 0) is 31.9 Å². The number of likely N-dealkylation sites (tertiary alicyclic amines) is 1. The third-order valence-electron chi connectivity index (χ3n) is 5.19. The van der Waals surface area contributed by atoms with E-state index in [9.17, 15) is 14.7 Å². The fraction of sp³-hybridized carbons (Fsp3) is 0.611. The molecule has 1 aliphatic carbocycles. The molecule has 1 saturated carbocycles. The Hall–Kier alpha value is -2.31. The zero-order valence-electron chi connectivity index (χ0n) is 14.5. The second-order valence-corrected chi connectivity index (χ2v) is 6.91. The molecule has 3 rings (SSSR count).